The first-order valence-electron chi connectivity index (χ1n) is 6.41. The number of nitrogens with one attached hydrogen (secondary N) is 1. The van der Waals surface area contributed by atoms with Gasteiger partial charge in [0.05, 0.1) is 17.9 Å². The summed E-state index contributed by atoms with van der Waals surface area (Å²) in [6, 6.07) is 1.95. The Morgan fingerprint density at radius 3 is 2.68 bits per heavy atom. The first-order chi connectivity index (χ1) is 9.05. The predicted molar refractivity (Wildman–Crippen MR) is 72.4 cm³/mol. The minimum absolute atomic E-state index is 0.302. The summed E-state index contributed by atoms with van der Waals surface area (Å²) in [6.45, 7) is 6.98. The van der Waals surface area contributed by atoms with Crippen LogP contribution in [-0.4, -0.2) is 19.3 Å². The van der Waals surface area contributed by atoms with Gasteiger partial charge in [0.15, 0.2) is 0 Å². The molecule has 0 aliphatic carbocycles. The van der Waals surface area contributed by atoms with Gasteiger partial charge >= 0.3 is 5.69 Å². The number of rotatable bonds is 4. The van der Waals surface area contributed by atoms with Gasteiger partial charge in [-0.05, 0) is 26.3 Å². The van der Waals surface area contributed by atoms with Gasteiger partial charge in [0, 0.05) is 18.3 Å². The highest BCUT2D eigenvalue weighted by Crippen LogP contribution is 2.05. The van der Waals surface area contributed by atoms with Crippen LogP contribution < -0.4 is 11.2 Å². The lowest BCUT2D eigenvalue weighted by molar-refractivity contribution is 0.584. The topological polar surface area (TPSA) is 72.7 Å². The van der Waals surface area contributed by atoms with Crippen molar-refractivity contribution in [2.75, 3.05) is 0 Å². The molecule has 0 aromatic carbocycles. The molecule has 2 heterocycles. The molecule has 102 valence electrons. The lowest BCUT2D eigenvalue weighted by atomic mass is 10.2. The third-order valence-electron chi connectivity index (χ3n) is 3.08. The zero-order valence-corrected chi connectivity index (χ0v) is 11.4. The van der Waals surface area contributed by atoms with Gasteiger partial charge in [-0.25, -0.2) is 4.79 Å². The van der Waals surface area contributed by atoms with Gasteiger partial charge in [-0.3, -0.25) is 19.0 Å². The highest BCUT2D eigenvalue weighted by atomic mass is 16.2. The number of hydrogen-bond donors (Lipinski definition) is 1. The Kier molecular flexibility index (Phi) is 3.69. The van der Waals surface area contributed by atoms with Crippen LogP contribution in [0.25, 0.3) is 0 Å². The summed E-state index contributed by atoms with van der Waals surface area (Å²) in [7, 11) is 0. The van der Waals surface area contributed by atoms with Gasteiger partial charge in [0.2, 0.25) is 0 Å². The molecule has 0 unspecified atom stereocenters. The molecule has 0 bridgehead atoms. The van der Waals surface area contributed by atoms with Crippen LogP contribution in [0.1, 0.15) is 30.8 Å². The lowest BCUT2D eigenvalue weighted by Crippen LogP contribution is -2.32. The molecule has 0 fully saturated rings. The van der Waals surface area contributed by atoms with Crippen molar-refractivity contribution in [2.45, 2.75) is 40.3 Å². The Morgan fingerprint density at radius 2 is 2.05 bits per heavy atom. The van der Waals surface area contributed by atoms with E-state index in [1.54, 1.807) is 6.20 Å². The van der Waals surface area contributed by atoms with Crippen LogP contribution >= 0.6 is 0 Å². The Hall–Kier alpha value is -2.11. The highest BCUT2D eigenvalue weighted by Gasteiger charge is 2.08. The van der Waals surface area contributed by atoms with Gasteiger partial charge in [0.25, 0.3) is 5.56 Å². The molecule has 2 aromatic heterocycles. The molecule has 0 aliphatic heterocycles. The second kappa shape index (κ2) is 5.26. The van der Waals surface area contributed by atoms with Crippen molar-refractivity contribution in [1.29, 1.82) is 0 Å². The molecule has 6 nitrogen and oxygen atoms in total. The van der Waals surface area contributed by atoms with Crippen LogP contribution in [-0.2, 0) is 19.5 Å². The largest absolute Gasteiger partial charge is 0.328 e. The number of hydrogen-bond acceptors (Lipinski definition) is 3. The SMILES string of the molecule is CCc1cn(Cc2cc(C)nn2CC)c(=O)[nH]c1=O. The van der Waals surface area contributed by atoms with Crippen LogP contribution in [0, 0.1) is 6.92 Å². The van der Waals surface area contributed by atoms with Crippen molar-refractivity contribution in [2.24, 2.45) is 0 Å². The molecule has 0 amide bonds. The average Bonchev–Trinajstić information content (AvgIpc) is 2.73. The smallest absolute Gasteiger partial charge is 0.294 e. The van der Waals surface area contributed by atoms with E-state index < -0.39 is 0 Å². The maximum absolute atomic E-state index is 11.8. The number of aryl methyl sites for hydroxylation is 3. The van der Waals surface area contributed by atoms with Crippen molar-refractivity contribution >= 4 is 0 Å². The molecule has 0 atom stereocenters. The maximum atomic E-state index is 11.8. The molecular formula is C13H18N4O2. The molecule has 0 radical (unpaired) electrons. The van der Waals surface area contributed by atoms with Crippen molar-refractivity contribution in [3.8, 4) is 0 Å². The third-order valence-corrected chi connectivity index (χ3v) is 3.08. The fourth-order valence-electron chi connectivity index (χ4n) is 2.10. The second-order valence-corrected chi connectivity index (χ2v) is 4.49. The Balaban J connectivity index is 2.43. The second-order valence-electron chi connectivity index (χ2n) is 4.49. The summed E-state index contributed by atoms with van der Waals surface area (Å²) in [6.07, 6.45) is 2.23. The zero-order chi connectivity index (χ0) is 14.0. The van der Waals surface area contributed by atoms with Gasteiger partial charge in [0.1, 0.15) is 0 Å². The quantitative estimate of drug-likeness (QED) is 0.880. The molecule has 0 spiro atoms. The Morgan fingerprint density at radius 1 is 1.32 bits per heavy atom. The number of H-pyrrole nitrogens is 1. The summed E-state index contributed by atoms with van der Waals surface area (Å²) in [5, 5.41) is 4.34. The zero-order valence-electron chi connectivity index (χ0n) is 11.4. The molecule has 0 aliphatic rings. The Bertz CT molecular complexity index is 693. The van der Waals surface area contributed by atoms with Gasteiger partial charge in [-0.1, -0.05) is 6.92 Å². The molecular weight excluding hydrogens is 244 g/mol. The van der Waals surface area contributed by atoms with E-state index in [0.717, 1.165) is 17.9 Å². The monoisotopic (exact) mass is 262 g/mol. The van der Waals surface area contributed by atoms with E-state index in [1.807, 2.05) is 31.5 Å². The van der Waals surface area contributed by atoms with Crippen LogP contribution in [0.15, 0.2) is 21.9 Å². The van der Waals surface area contributed by atoms with Crippen LogP contribution in [0.3, 0.4) is 0 Å². The van der Waals surface area contributed by atoms with E-state index in [1.165, 1.54) is 4.57 Å². The average molecular weight is 262 g/mol. The molecule has 2 rings (SSSR count). The summed E-state index contributed by atoms with van der Waals surface area (Å²) < 4.78 is 3.38. The van der Waals surface area contributed by atoms with Gasteiger partial charge < -0.3 is 0 Å². The van der Waals surface area contributed by atoms with Crippen molar-refractivity contribution in [3.63, 3.8) is 0 Å². The van der Waals surface area contributed by atoms with Gasteiger partial charge in [-0.15, -0.1) is 0 Å². The predicted octanol–water partition coefficient (Wildman–Crippen LogP) is 0.672. The van der Waals surface area contributed by atoms with E-state index in [2.05, 4.69) is 10.1 Å². The number of nitrogens with zero attached hydrogens (tertiary/aromatic N) is 3. The van der Waals surface area contributed by atoms with Crippen LogP contribution in [0.4, 0.5) is 0 Å². The molecule has 0 saturated carbocycles. The molecule has 2 aromatic rings. The minimum Gasteiger partial charge on any atom is -0.294 e. The fourth-order valence-corrected chi connectivity index (χ4v) is 2.10. The third kappa shape index (κ3) is 2.67. The summed E-state index contributed by atoms with van der Waals surface area (Å²) in [5.41, 5.74) is 1.80. The maximum Gasteiger partial charge on any atom is 0.328 e. The van der Waals surface area contributed by atoms with E-state index in [0.29, 0.717) is 18.5 Å². The first kappa shape index (κ1) is 13.3. The van der Waals surface area contributed by atoms with Crippen molar-refractivity contribution in [1.82, 2.24) is 19.3 Å². The normalized spacial score (nSPS) is 10.9. The molecule has 19 heavy (non-hydrogen) atoms. The standard InChI is InChI=1S/C13H18N4O2/c1-4-10-7-16(13(19)14-12(10)18)8-11-6-9(3)15-17(11)5-2/h6-7H,4-5,8H2,1-3H3,(H,14,18,19). The van der Waals surface area contributed by atoms with Crippen molar-refractivity contribution < 1.29 is 0 Å². The number of aromatic amines is 1. The van der Waals surface area contributed by atoms with E-state index >= 15 is 0 Å². The molecule has 0 saturated heterocycles. The summed E-state index contributed by atoms with van der Waals surface area (Å²) in [4.78, 5) is 25.7. The highest BCUT2D eigenvalue weighted by molar-refractivity contribution is 5.11. The fraction of sp³-hybridized carbons (Fsp3) is 0.462. The summed E-state index contributed by atoms with van der Waals surface area (Å²) >= 11 is 0. The van der Waals surface area contributed by atoms with Gasteiger partial charge in [-0.2, -0.15) is 5.10 Å². The molecule has 1 N–H and O–H groups in total. The minimum atomic E-state index is -0.385. The molecule has 6 heteroatoms. The van der Waals surface area contributed by atoms with Crippen LogP contribution in [0.2, 0.25) is 0 Å². The Labute approximate surface area is 110 Å². The number of aromatic nitrogens is 4. The van der Waals surface area contributed by atoms with Crippen molar-refractivity contribution in [3.05, 3.63) is 50.1 Å². The van der Waals surface area contributed by atoms with Crippen LogP contribution in [0.5, 0.6) is 0 Å². The van der Waals surface area contributed by atoms with E-state index in [9.17, 15) is 9.59 Å². The van der Waals surface area contributed by atoms with E-state index in [-0.39, 0.29) is 11.2 Å². The summed E-state index contributed by atoms with van der Waals surface area (Å²) in [5.74, 6) is 0. The van der Waals surface area contributed by atoms with E-state index in [4.69, 9.17) is 0 Å². The first-order valence-corrected chi connectivity index (χ1v) is 6.41. The lowest BCUT2D eigenvalue weighted by Gasteiger charge is -2.08.